The molecule has 7 heteroatoms. The van der Waals surface area contributed by atoms with Gasteiger partial charge in [0, 0.05) is 16.7 Å². The lowest BCUT2D eigenvalue weighted by molar-refractivity contribution is -0.140. The highest BCUT2D eigenvalue weighted by Crippen LogP contribution is 2.33. The molecule has 0 N–H and O–H groups in total. The van der Waals surface area contributed by atoms with Gasteiger partial charge in [-0.1, -0.05) is 96.4 Å². The van der Waals surface area contributed by atoms with Crippen LogP contribution in [0.25, 0.3) is 11.1 Å². The predicted molar refractivity (Wildman–Crippen MR) is 168 cm³/mol. The summed E-state index contributed by atoms with van der Waals surface area (Å²) in [5, 5.41) is 0. The zero-order valence-electron chi connectivity index (χ0n) is 26.3. The van der Waals surface area contributed by atoms with Crippen LogP contribution in [0.5, 0.6) is 5.75 Å². The highest BCUT2D eigenvalue weighted by Gasteiger charge is 2.37. The van der Waals surface area contributed by atoms with E-state index in [9.17, 15) is 9.59 Å². The van der Waals surface area contributed by atoms with E-state index in [0.717, 1.165) is 18.4 Å². The second-order valence-corrected chi connectivity index (χ2v) is 11.9. The van der Waals surface area contributed by atoms with E-state index < -0.39 is 17.5 Å². The minimum atomic E-state index is -0.683. The maximum absolute atomic E-state index is 15.3. The zero-order chi connectivity index (χ0) is 31.1. The van der Waals surface area contributed by atoms with E-state index in [0.29, 0.717) is 28.9 Å². The van der Waals surface area contributed by atoms with Crippen LogP contribution in [0.2, 0.25) is 0 Å². The van der Waals surface area contributed by atoms with Crippen LogP contribution in [-0.4, -0.2) is 31.9 Å². The van der Waals surface area contributed by atoms with Crippen LogP contribution in [-0.2, 0) is 32.0 Å². The molecule has 0 unspecified atom stereocenters. The molecule has 1 fully saturated rings. The number of esters is 1. The van der Waals surface area contributed by atoms with Crippen molar-refractivity contribution >= 4 is 12.1 Å². The quantitative estimate of drug-likeness (QED) is 0.0914. The van der Waals surface area contributed by atoms with Crippen molar-refractivity contribution in [2.45, 2.75) is 104 Å². The molecular formula is C36H49FO6. The molecule has 2 aromatic rings. The van der Waals surface area contributed by atoms with Crippen molar-refractivity contribution in [1.82, 2.24) is 0 Å². The molecule has 1 aliphatic rings. The van der Waals surface area contributed by atoms with E-state index in [1.54, 1.807) is 31.2 Å². The van der Waals surface area contributed by atoms with Gasteiger partial charge < -0.3 is 18.9 Å². The van der Waals surface area contributed by atoms with E-state index in [4.69, 9.17) is 18.9 Å². The Hall–Kier alpha value is -3.35. The number of hydrogen-bond donors (Lipinski definition) is 0. The summed E-state index contributed by atoms with van der Waals surface area (Å²) in [6.45, 7) is 10.0. The molecule has 3 rings (SSSR count). The van der Waals surface area contributed by atoms with Gasteiger partial charge in [0.1, 0.15) is 38.0 Å². The van der Waals surface area contributed by atoms with Crippen molar-refractivity contribution in [2.24, 2.45) is 5.41 Å². The van der Waals surface area contributed by atoms with E-state index in [1.165, 1.54) is 57.8 Å². The third-order valence-corrected chi connectivity index (χ3v) is 8.21. The number of ether oxygens (including phenoxy) is 4. The molecule has 0 spiro atoms. The largest absolute Gasteiger partial charge is 0.508 e. The molecule has 1 heterocycles. The molecule has 6 nitrogen and oxygen atoms in total. The highest BCUT2D eigenvalue weighted by atomic mass is 19.1. The maximum Gasteiger partial charge on any atom is 0.508 e. The molecule has 0 saturated carbocycles. The Morgan fingerprint density at radius 3 is 2.19 bits per heavy atom. The smallest absolute Gasteiger partial charge is 0.492 e. The summed E-state index contributed by atoms with van der Waals surface area (Å²) in [6.07, 6.45) is 13.6. The molecular weight excluding hydrogens is 547 g/mol. The number of halogens is 1. The minimum absolute atomic E-state index is 0.0576. The summed E-state index contributed by atoms with van der Waals surface area (Å²) in [4.78, 5) is 23.5. The Morgan fingerprint density at radius 2 is 1.58 bits per heavy atom. The first-order chi connectivity index (χ1) is 20.8. The summed E-state index contributed by atoms with van der Waals surface area (Å²) < 4.78 is 37.1. The van der Waals surface area contributed by atoms with Gasteiger partial charge in [-0.3, -0.25) is 0 Å². The number of hydrogen-bond acceptors (Lipinski definition) is 6. The number of aryl methyl sites for hydroxylation is 1. The molecule has 236 valence electrons. The molecule has 0 bridgehead atoms. The Morgan fingerprint density at radius 1 is 0.930 bits per heavy atom. The number of carbonyl (C=O) groups excluding carboxylic acids is 2. The third-order valence-electron chi connectivity index (χ3n) is 8.21. The lowest BCUT2D eigenvalue weighted by atomic mass is 9.87. The summed E-state index contributed by atoms with van der Waals surface area (Å²) >= 11 is 0. The first-order valence-electron chi connectivity index (χ1n) is 15.9. The van der Waals surface area contributed by atoms with Crippen molar-refractivity contribution in [3.63, 3.8) is 0 Å². The van der Waals surface area contributed by atoms with Crippen LogP contribution >= 0.6 is 0 Å². The molecule has 0 aliphatic carbocycles. The first-order valence-corrected chi connectivity index (χ1v) is 15.9. The van der Waals surface area contributed by atoms with E-state index >= 15 is 4.39 Å². The molecule has 0 amide bonds. The number of cyclic esters (lactones) is 2. The van der Waals surface area contributed by atoms with Gasteiger partial charge in [-0.05, 0) is 55.5 Å². The fourth-order valence-electron chi connectivity index (χ4n) is 5.16. The monoisotopic (exact) mass is 596 g/mol. The number of rotatable bonds is 19. The maximum atomic E-state index is 15.3. The molecule has 1 aliphatic heterocycles. The second-order valence-electron chi connectivity index (χ2n) is 11.9. The fourth-order valence-corrected chi connectivity index (χ4v) is 5.16. The molecule has 0 radical (unpaired) electrons. The van der Waals surface area contributed by atoms with Crippen molar-refractivity contribution in [3.8, 4) is 16.9 Å². The second kappa shape index (κ2) is 17.7. The van der Waals surface area contributed by atoms with Crippen LogP contribution in [0, 0.1) is 11.2 Å². The minimum Gasteiger partial charge on any atom is -0.492 e. The normalized spacial score (nSPS) is 14.1. The van der Waals surface area contributed by atoms with Gasteiger partial charge in [0.05, 0.1) is 5.41 Å². The van der Waals surface area contributed by atoms with E-state index in [2.05, 4.69) is 13.5 Å². The Balaban J connectivity index is 1.62. The summed E-state index contributed by atoms with van der Waals surface area (Å²) in [7, 11) is 0. The number of carbonyl (C=O) groups is 2. The van der Waals surface area contributed by atoms with Gasteiger partial charge in [-0.2, -0.15) is 0 Å². The Labute approximate surface area is 256 Å². The number of benzene rings is 2. The van der Waals surface area contributed by atoms with Gasteiger partial charge in [0.2, 0.25) is 0 Å². The standard InChI is InChI=1S/C36H49FO6/c1-5-7-8-9-10-11-12-13-14-15-16-28-17-19-31(32(37)21-28)29-18-20-33(30(22-29)23-40-34(38)27(3)4)41-24-36(6-2)25-42-35(39)43-26-36/h17-22H,3,5-16,23-26H2,1-2,4H3. The van der Waals surface area contributed by atoms with Crippen molar-refractivity contribution < 1.29 is 32.9 Å². The number of unbranched alkanes of at least 4 members (excludes halogenated alkanes) is 9. The average molecular weight is 597 g/mol. The Bertz CT molecular complexity index is 1200. The van der Waals surface area contributed by atoms with Crippen LogP contribution in [0.1, 0.15) is 103 Å². The van der Waals surface area contributed by atoms with Crippen molar-refractivity contribution in [3.05, 3.63) is 65.5 Å². The van der Waals surface area contributed by atoms with Crippen LogP contribution in [0.4, 0.5) is 9.18 Å². The molecule has 43 heavy (non-hydrogen) atoms. The molecule has 2 aromatic carbocycles. The topological polar surface area (TPSA) is 71.1 Å². The average Bonchev–Trinajstić information content (AvgIpc) is 3.01. The van der Waals surface area contributed by atoms with E-state index in [-0.39, 0.29) is 37.8 Å². The molecule has 0 atom stereocenters. The van der Waals surface area contributed by atoms with Gasteiger partial charge in [0.15, 0.2) is 0 Å². The Kier molecular flexibility index (Phi) is 14.0. The molecule has 1 saturated heterocycles. The first kappa shape index (κ1) is 34.1. The lowest BCUT2D eigenvalue weighted by Crippen LogP contribution is -2.43. The zero-order valence-corrected chi connectivity index (χ0v) is 26.3. The summed E-state index contributed by atoms with van der Waals surface area (Å²) in [6, 6.07) is 10.8. The summed E-state index contributed by atoms with van der Waals surface area (Å²) in [5.41, 5.74) is 2.53. The summed E-state index contributed by atoms with van der Waals surface area (Å²) in [5.74, 6) is -0.299. The van der Waals surface area contributed by atoms with Gasteiger partial charge in [-0.25, -0.2) is 14.0 Å². The van der Waals surface area contributed by atoms with E-state index in [1.807, 2.05) is 19.1 Å². The predicted octanol–water partition coefficient (Wildman–Crippen LogP) is 9.52. The molecule has 0 aromatic heterocycles. The van der Waals surface area contributed by atoms with Crippen molar-refractivity contribution in [2.75, 3.05) is 19.8 Å². The van der Waals surface area contributed by atoms with Crippen molar-refractivity contribution in [1.29, 1.82) is 0 Å². The third kappa shape index (κ3) is 11.0. The lowest BCUT2D eigenvalue weighted by Gasteiger charge is -2.34. The highest BCUT2D eigenvalue weighted by molar-refractivity contribution is 5.87. The fraction of sp³-hybridized carbons (Fsp3) is 0.556. The van der Waals surface area contributed by atoms with Crippen LogP contribution in [0.15, 0.2) is 48.6 Å². The van der Waals surface area contributed by atoms with Gasteiger partial charge in [0.25, 0.3) is 0 Å². The SMILES string of the molecule is C=C(C)C(=O)OCc1cc(-c2ccc(CCCCCCCCCCCC)cc2F)ccc1OCC1(CC)COC(=O)OC1. The van der Waals surface area contributed by atoms with Crippen LogP contribution in [0.3, 0.4) is 0 Å². The van der Waals surface area contributed by atoms with Crippen LogP contribution < -0.4 is 4.74 Å². The van der Waals surface area contributed by atoms with Gasteiger partial charge >= 0.3 is 12.1 Å². The van der Waals surface area contributed by atoms with Gasteiger partial charge in [-0.15, -0.1) is 0 Å².